The van der Waals surface area contributed by atoms with Crippen molar-refractivity contribution in [1.82, 2.24) is 0 Å². The molecule has 0 aromatic heterocycles. The molecule has 1 aliphatic rings. The van der Waals surface area contributed by atoms with Crippen molar-refractivity contribution in [3.63, 3.8) is 0 Å². The van der Waals surface area contributed by atoms with Gasteiger partial charge >= 0.3 is 0 Å². The van der Waals surface area contributed by atoms with Gasteiger partial charge in [-0.2, -0.15) is 0 Å². The van der Waals surface area contributed by atoms with Gasteiger partial charge in [-0.1, -0.05) is 26.8 Å². The molecule has 0 saturated heterocycles. The average molecular weight is 180 g/mol. The van der Waals surface area contributed by atoms with Crippen LogP contribution in [0, 0.1) is 17.8 Å². The number of ether oxygens (including phenoxy) is 1. The summed E-state index contributed by atoms with van der Waals surface area (Å²) in [7, 11) is 0. The Bertz CT molecular complexity index is 213. The summed E-state index contributed by atoms with van der Waals surface area (Å²) in [5.41, 5.74) is 0. The quantitative estimate of drug-likeness (QED) is 0.647. The normalized spacial score (nSPS) is 27.6. The maximum Gasteiger partial charge on any atom is 0.115 e. The van der Waals surface area contributed by atoms with Crippen LogP contribution in [0.25, 0.3) is 0 Å². The van der Waals surface area contributed by atoms with E-state index in [1.54, 1.807) is 0 Å². The highest BCUT2D eigenvalue weighted by Crippen LogP contribution is 2.28. The first-order valence-electron chi connectivity index (χ1n) is 5.18. The van der Waals surface area contributed by atoms with E-state index in [0.29, 0.717) is 17.8 Å². The Morgan fingerprint density at radius 1 is 1.46 bits per heavy atom. The highest BCUT2D eigenvalue weighted by Gasteiger charge is 2.19. The average Bonchev–Trinajstić information content (AvgIpc) is 2.04. The van der Waals surface area contributed by atoms with Crippen molar-refractivity contribution in [2.45, 2.75) is 27.7 Å². The summed E-state index contributed by atoms with van der Waals surface area (Å²) in [6, 6.07) is 0. The highest BCUT2D eigenvalue weighted by atomic mass is 16.5. The summed E-state index contributed by atoms with van der Waals surface area (Å²) in [4.78, 5) is 0. The zero-order chi connectivity index (χ0) is 9.84. The van der Waals surface area contributed by atoms with Crippen molar-refractivity contribution in [3.8, 4) is 0 Å². The fourth-order valence-electron chi connectivity index (χ4n) is 1.90. The van der Waals surface area contributed by atoms with E-state index in [1.165, 1.54) is 0 Å². The molecule has 1 aliphatic carbocycles. The molecule has 13 heavy (non-hydrogen) atoms. The zero-order valence-corrected chi connectivity index (χ0v) is 9.08. The molecule has 2 atom stereocenters. The van der Waals surface area contributed by atoms with Gasteiger partial charge in [0.05, 0.1) is 6.61 Å². The molecule has 0 aromatic carbocycles. The summed E-state index contributed by atoms with van der Waals surface area (Å²) < 4.78 is 5.46. The van der Waals surface area contributed by atoms with Crippen molar-refractivity contribution in [3.05, 3.63) is 24.0 Å². The molecule has 0 bridgehead atoms. The molecule has 0 aliphatic heterocycles. The Hall–Kier alpha value is -0.720. The van der Waals surface area contributed by atoms with Crippen molar-refractivity contribution in [2.75, 3.05) is 6.61 Å². The van der Waals surface area contributed by atoms with Crippen LogP contribution >= 0.6 is 0 Å². The largest absolute Gasteiger partial charge is 0.494 e. The minimum absolute atomic E-state index is 0.603. The van der Waals surface area contributed by atoms with Gasteiger partial charge < -0.3 is 4.74 Å². The molecule has 74 valence electrons. The minimum atomic E-state index is 0.603. The predicted molar refractivity (Wildman–Crippen MR) is 56.3 cm³/mol. The van der Waals surface area contributed by atoms with Crippen LogP contribution in [0.4, 0.5) is 0 Å². The third kappa shape index (κ3) is 2.61. The first kappa shape index (κ1) is 10.4. The van der Waals surface area contributed by atoms with Crippen LogP contribution in [-0.4, -0.2) is 6.61 Å². The van der Waals surface area contributed by atoms with Gasteiger partial charge in [-0.05, 0) is 36.8 Å². The van der Waals surface area contributed by atoms with Crippen molar-refractivity contribution in [2.24, 2.45) is 17.8 Å². The van der Waals surface area contributed by atoms with E-state index in [1.807, 2.05) is 6.92 Å². The SMILES string of the molecule is CCOC1=CC(C)C(C(C)C)C=C1. The third-order valence-corrected chi connectivity index (χ3v) is 2.60. The van der Waals surface area contributed by atoms with Gasteiger partial charge in [-0.25, -0.2) is 0 Å². The molecule has 1 rings (SSSR count). The van der Waals surface area contributed by atoms with E-state index in [2.05, 4.69) is 39.0 Å². The standard InChI is InChI=1S/C12H20O/c1-5-13-11-6-7-12(9(2)3)10(4)8-11/h6-10,12H,5H2,1-4H3. The van der Waals surface area contributed by atoms with E-state index in [-0.39, 0.29) is 0 Å². The molecule has 0 saturated carbocycles. The van der Waals surface area contributed by atoms with E-state index in [4.69, 9.17) is 4.74 Å². The summed E-state index contributed by atoms with van der Waals surface area (Å²) in [5.74, 6) is 3.02. The molecular weight excluding hydrogens is 160 g/mol. The van der Waals surface area contributed by atoms with Crippen LogP contribution in [0.15, 0.2) is 24.0 Å². The number of allylic oxidation sites excluding steroid dienone is 3. The Kier molecular flexibility index (Phi) is 3.58. The number of hydrogen-bond acceptors (Lipinski definition) is 1. The second-order valence-corrected chi connectivity index (χ2v) is 4.04. The van der Waals surface area contributed by atoms with Crippen LogP contribution in [0.1, 0.15) is 27.7 Å². The second-order valence-electron chi connectivity index (χ2n) is 4.04. The lowest BCUT2D eigenvalue weighted by molar-refractivity contribution is 0.231. The number of hydrogen-bond donors (Lipinski definition) is 0. The van der Waals surface area contributed by atoms with E-state index in [9.17, 15) is 0 Å². The maximum absolute atomic E-state index is 5.46. The van der Waals surface area contributed by atoms with Gasteiger partial charge in [-0.3, -0.25) is 0 Å². The van der Waals surface area contributed by atoms with Gasteiger partial charge in [0, 0.05) is 0 Å². The lowest BCUT2D eigenvalue weighted by Gasteiger charge is -2.25. The summed E-state index contributed by atoms with van der Waals surface area (Å²) in [6.45, 7) is 9.58. The maximum atomic E-state index is 5.46. The van der Waals surface area contributed by atoms with Crippen LogP contribution in [-0.2, 0) is 4.74 Å². The fraction of sp³-hybridized carbons (Fsp3) is 0.667. The van der Waals surface area contributed by atoms with E-state index < -0.39 is 0 Å². The topological polar surface area (TPSA) is 9.23 Å². The summed E-state index contributed by atoms with van der Waals surface area (Å²) in [5, 5.41) is 0. The molecule has 0 aromatic rings. The van der Waals surface area contributed by atoms with E-state index in [0.717, 1.165) is 12.4 Å². The van der Waals surface area contributed by atoms with Crippen LogP contribution in [0.5, 0.6) is 0 Å². The highest BCUT2D eigenvalue weighted by molar-refractivity contribution is 5.20. The van der Waals surface area contributed by atoms with Gasteiger partial charge in [0.2, 0.25) is 0 Å². The summed E-state index contributed by atoms with van der Waals surface area (Å²) in [6.07, 6.45) is 6.61. The Morgan fingerprint density at radius 2 is 2.15 bits per heavy atom. The van der Waals surface area contributed by atoms with Crippen molar-refractivity contribution >= 4 is 0 Å². The predicted octanol–water partition coefficient (Wildman–Crippen LogP) is 3.38. The Labute approximate surface area is 81.5 Å². The molecule has 0 heterocycles. The lowest BCUT2D eigenvalue weighted by atomic mass is 9.81. The van der Waals surface area contributed by atoms with Gasteiger partial charge in [0.1, 0.15) is 5.76 Å². The monoisotopic (exact) mass is 180 g/mol. The molecule has 0 radical (unpaired) electrons. The zero-order valence-electron chi connectivity index (χ0n) is 9.08. The second kappa shape index (κ2) is 4.50. The Balaban J connectivity index is 2.61. The minimum Gasteiger partial charge on any atom is -0.494 e. The first-order valence-corrected chi connectivity index (χ1v) is 5.18. The van der Waals surface area contributed by atoms with Gasteiger partial charge in [0.25, 0.3) is 0 Å². The molecule has 0 spiro atoms. The first-order chi connectivity index (χ1) is 6.15. The molecule has 1 nitrogen and oxygen atoms in total. The third-order valence-electron chi connectivity index (χ3n) is 2.60. The van der Waals surface area contributed by atoms with Crippen LogP contribution < -0.4 is 0 Å². The molecule has 2 unspecified atom stereocenters. The molecule has 0 amide bonds. The fourth-order valence-corrected chi connectivity index (χ4v) is 1.90. The number of rotatable bonds is 3. The van der Waals surface area contributed by atoms with Crippen molar-refractivity contribution < 1.29 is 4.74 Å². The summed E-state index contributed by atoms with van der Waals surface area (Å²) >= 11 is 0. The van der Waals surface area contributed by atoms with Crippen molar-refractivity contribution in [1.29, 1.82) is 0 Å². The molecule has 0 N–H and O–H groups in total. The molecule has 0 fully saturated rings. The lowest BCUT2D eigenvalue weighted by Crippen LogP contribution is -2.17. The van der Waals surface area contributed by atoms with Gasteiger partial charge in [-0.15, -0.1) is 0 Å². The van der Waals surface area contributed by atoms with Gasteiger partial charge in [0.15, 0.2) is 0 Å². The van der Waals surface area contributed by atoms with Crippen LogP contribution in [0.3, 0.4) is 0 Å². The molecule has 1 heteroatoms. The van der Waals surface area contributed by atoms with Crippen LogP contribution in [0.2, 0.25) is 0 Å². The molecular formula is C12H20O. The smallest absolute Gasteiger partial charge is 0.115 e. The Morgan fingerprint density at radius 3 is 2.62 bits per heavy atom. The van der Waals surface area contributed by atoms with E-state index >= 15 is 0 Å².